The van der Waals surface area contributed by atoms with Crippen LogP contribution in [0.5, 0.6) is 0 Å². The second kappa shape index (κ2) is 4.25. The van der Waals surface area contributed by atoms with Crippen molar-refractivity contribution in [3.63, 3.8) is 0 Å². The summed E-state index contributed by atoms with van der Waals surface area (Å²) >= 11 is 0. The zero-order valence-corrected chi connectivity index (χ0v) is 8.01. The number of aromatic nitrogens is 2. The van der Waals surface area contributed by atoms with E-state index in [9.17, 15) is 0 Å². The Hall–Kier alpha value is -2.34. The Kier molecular flexibility index (Phi) is 2.61. The molecule has 0 atom stereocenters. The van der Waals surface area contributed by atoms with Crippen LogP contribution in [0.1, 0.15) is 16.7 Å². The first-order valence-electron chi connectivity index (χ1n) is 4.55. The van der Waals surface area contributed by atoms with E-state index in [-0.39, 0.29) is 0 Å². The molecule has 0 fully saturated rings. The average Bonchev–Trinajstić information content (AvgIpc) is 2.80. The normalized spacial score (nSPS) is 10.3. The summed E-state index contributed by atoms with van der Waals surface area (Å²) in [6, 6.07) is 9.51. The van der Waals surface area contributed by atoms with Gasteiger partial charge in [-0.25, -0.2) is 0 Å². The Bertz CT molecular complexity index is 487. The van der Waals surface area contributed by atoms with Crippen molar-refractivity contribution >= 4 is 12.2 Å². The highest BCUT2D eigenvalue weighted by molar-refractivity contribution is 5.69. The van der Waals surface area contributed by atoms with Gasteiger partial charge in [0.05, 0.1) is 17.8 Å². The van der Waals surface area contributed by atoms with Crippen molar-refractivity contribution in [2.24, 2.45) is 0 Å². The Morgan fingerprint density at radius 2 is 1.87 bits per heavy atom. The molecule has 3 nitrogen and oxygen atoms in total. The van der Waals surface area contributed by atoms with Gasteiger partial charge in [0.15, 0.2) is 0 Å². The minimum atomic E-state index is 0.676. The molecule has 0 aliphatic heterocycles. The summed E-state index contributed by atoms with van der Waals surface area (Å²) in [4.78, 5) is 0. The predicted molar refractivity (Wildman–Crippen MR) is 58.7 cm³/mol. The van der Waals surface area contributed by atoms with Gasteiger partial charge in [0.25, 0.3) is 0 Å². The van der Waals surface area contributed by atoms with E-state index in [1.54, 1.807) is 18.3 Å². The summed E-state index contributed by atoms with van der Waals surface area (Å²) in [5.74, 6) is 0. The fraction of sp³-hybridized carbons (Fsp3) is 0. The van der Waals surface area contributed by atoms with Gasteiger partial charge in [-0.3, -0.25) is 5.10 Å². The molecule has 0 bridgehead atoms. The molecule has 0 saturated carbocycles. The zero-order chi connectivity index (χ0) is 10.5. The Balaban J connectivity index is 2.15. The first-order valence-corrected chi connectivity index (χ1v) is 4.55. The molecule has 0 saturated heterocycles. The molecular weight excluding hydrogens is 186 g/mol. The smallest absolute Gasteiger partial charge is 0.0991 e. The molecule has 1 N–H and O–H groups in total. The van der Waals surface area contributed by atoms with Crippen molar-refractivity contribution in [1.82, 2.24) is 10.2 Å². The van der Waals surface area contributed by atoms with Crippen molar-refractivity contribution in [2.45, 2.75) is 0 Å². The number of nitriles is 1. The molecule has 15 heavy (non-hydrogen) atoms. The van der Waals surface area contributed by atoms with Crippen molar-refractivity contribution in [3.8, 4) is 6.07 Å². The van der Waals surface area contributed by atoms with Gasteiger partial charge in [0.2, 0.25) is 0 Å². The predicted octanol–water partition coefficient (Wildman–Crippen LogP) is 2.45. The summed E-state index contributed by atoms with van der Waals surface area (Å²) in [7, 11) is 0. The molecule has 0 aliphatic rings. The maximum Gasteiger partial charge on any atom is 0.0991 e. The number of nitrogens with zero attached hydrogens (tertiary/aromatic N) is 2. The highest BCUT2D eigenvalue weighted by atomic mass is 15.1. The van der Waals surface area contributed by atoms with E-state index < -0.39 is 0 Å². The molecule has 0 unspecified atom stereocenters. The minimum Gasteiger partial charge on any atom is -0.285 e. The molecule has 1 aromatic carbocycles. The number of rotatable bonds is 2. The van der Waals surface area contributed by atoms with Crippen LogP contribution in [0.2, 0.25) is 0 Å². The summed E-state index contributed by atoms with van der Waals surface area (Å²) < 4.78 is 0. The number of aromatic amines is 1. The van der Waals surface area contributed by atoms with Crippen LogP contribution in [0.4, 0.5) is 0 Å². The molecule has 2 rings (SSSR count). The summed E-state index contributed by atoms with van der Waals surface area (Å²) in [6.45, 7) is 0. The van der Waals surface area contributed by atoms with Crippen LogP contribution < -0.4 is 0 Å². The zero-order valence-electron chi connectivity index (χ0n) is 8.01. The van der Waals surface area contributed by atoms with Crippen LogP contribution in [0.15, 0.2) is 36.7 Å². The van der Waals surface area contributed by atoms with Crippen LogP contribution >= 0.6 is 0 Å². The molecule has 1 heterocycles. The van der Waals surface area contributed by atoms with Crippen molar-refractivity contribution in [2.75, 3.05) is 0 Å². The lowest BCUT2D eigenvalue weighted by molar-refractivity contribution is 1.09. The van der Waals surface area contributed by atoms with Crippen LogP contribution in [0, 0.1) is 11.3 Å². The first-order chi connectivity index (χ1) is 7.38. The van der Waals surface area contributed by atoms with E-state index >= 15 is 0 Å². The third kappa shape index (κ3) is 2.32. The SMILES string of the molecule is N#Cc1ccc(/C=C/c2cn[nH]c2)cc1. The highest BCUT2D eigenvalue weighted by Gasteiger charge is 1.90. The summed E-state index contributed by atoms with van der Waals surface area (Å²) in [5.41, 5.74) is 2.77. The van der Waals surface area contributed by atoms with Gasteiger partial charge in [0, 0.05) is 11.8 Å². The minimum absolute atomic E-state index is 0.676. The van der Waals surface area contributed by atoms with E-state index in [0.717, 1.165) is 11.1 Å². The molecule has 0 spiro atoms. The third-order valence-corrected chi connectivity index (χ3v) is 2.03. The van der Waals surface area contributed by atoms with Gasteiger partial charge < -0.3 is 0 Å². The molecule has 0 radical (unpaired) electrons. The fourth-order valence-electron chi connectivity index (χ4n) is 1.21. The van der Waals surface area contributed by atoms with Crippen LogP contribution in [-0.4, -0.2) is 10.2 Å². The number of hydrogen-bond donors (Lipinski definition) is 1. The summed E-state index contributed by atoms with van der Waals surface area (Å²) in [5, 5.41) is 15.2. The quantitative estimate of drug-likeness (QED) is 0.800. The van der Waals surface area contributed by atoms with Crippen molar-refractivity contribution in [1.29, 1.82) is 5.26 Å². The van der Waals surface area contributed by atoms with Gasteiger partial charge in [-0.15, -0.1) is 0 Å². The standard InChI is InChI=1S/C12H9N3/c13-7-11-4-1-10(2-5-11)3-6-12-8-14-15-9-12/h1-6,8-9H,(H,14,15)/b6-3+. The molecule has 0 amide bonds. The molecule has 2 aromatic rings. The largest absolute Gasteiger partial charge is 0.285 e. The van der Waals surface area contributed by atoms with E-state index in [1.165, 1.54) is 0 Å². The number of hydrogen-bond acceptors (Lipinski definition) is 2. The monoisotopic (exact) mass is 195 g/mol. The number of benzene rings is 1. The molecule has 72 valence electrons. The maximum atomic E-state index is 8.63. The lowest BCUT2D eigenvalue weighted by Gasteiger charge is -1.92. The van der Waals surface area contributed by atoms with Crippen LogP contribution in [-0.2, 0) is 0 Å². The third-order valence-electron chi connectivity index (χ3n) is 2.03. The van der Waals surface area contributed by atoms with Gasteiger partial charge >= 0.3 is 0 Å². The lowest BCUT2D eigenvalue weighted by Crippen LogP contribution is -1.74. The fourth-order valence-corrected chi connectivity index (χ4v) is 1.21. The second-order valence-electron chi connectivity index (χ2n) is 3.10. The van der Waals surface area contributed by atoms with Gasteiger partial charge in [-0.2, -0.15) is 10.4 Å². The highest BCUT2D eigenvalue weighted by Crippen LogP contribution is 2.08. The van der Waals surface area contributed by atoms with Crippen molar-refractivity contribution < 1.29 is 0 Å². The molecule has 1 aromatic heterocycles. The Morgan fingerprint density at radius 3 is 2.47 bits per heavy atom. The van der Waals surface area contributed by atoms with E-state index in [0.29, 0.717) is 5.56 Å². The van der Waals surface area contributed by atoms with E-state index in [4.69, 9.17) is 5.26 Å². The van der Waals surface area contributed by atoms with Crippen LogP contribution in [0.3, 0.4) is 0 Å². The number of nitrogens with one attached hydrogen (secondary N) is 1. The second-order valence-corrected chi connectivity index (χ2v) is 3.10. The van der Waals surface area contributed by atoms with E-state index in [1.807, 2.05) is 30.5 Å². The Morgan fingerprint density at radius 1 is 1.13 bits per heavy atom. The number of H-pyrrole nitrogens is 1. The summed E-state index contributed by atoms with van der Waals surface area (Å²) in [6.07, 6.45) is 7.51. The maximum absolute atomic E-state index is 8.63. The molecule has 3 heteroatoms. The molecule has 0 aliphatic carbocycles. The van der Waals surface area contributed by atoms with Crippen LogP contribution in [0.25, 0.3) is 12.2 Å². The van der Waals surface area contributed by atoms with Gasteiger partial charge in [-0.1, -0.05) is 24.3 Å². The average molecular weight is 195 g/mol. The van der Waals surface area contributed by atoms with E-state index in [2.05, 4.69) is 16.3 Å². The first kappa shape index (κ1) is 9.22. The van der Waals surface area contributed by atoms with Gasteiger partial charge in [0.1, 0.15) is 0 Å². The topological polar surface area (TPSA) is 52.5 Å². The Labute approximate surface area is 87.7 Å². The molecular formula is C12H9N3. The van der Waals surface area contributed by atoms with Crippen molar-refractivity contribution in [3.05, 3.63) is 53.3 Å². The lowest BCUT2D eigenvalue weighted by atomic mass is 10.1. The van der Waals surface area contributed by atoms with Gasteiger partial charge in [-0.05, 0) is 17.7 Å².